The number of carbonyl (C=O) groups is 4. The number of quaternary nitrogens is 2. The van der Waals surface area contributed by atoms with Gasteiger partial charge in [0.1, 0.15) is 0 Å². The van der Waals surface area contributed by atoms with E-state index in [2.05, 4.69) is 31.4 Å². The summed E-state index contributed by atoms with van der Waals surface area (Å²) in [4.78, 5) is 56.8. The van der Waals surface area contributed by atoms with Crippen molar-refractivity contribution < 1.29 is 374 Å². The van der Waals surface area contributed by atoms with Crippen LogP contribution in [0.4, 0.5) is 0 Å². The number of carboxylic acids is 2. The van der Waals surface area contributed by atoms with Crippen molar-refractivity contribution in [1.82, 2.24) is 42.0 Å². The van der Waals surface area contributed by atoms with E-state index in [9.17, 15) is 9.59 Å². The fraction of sp³-hybridized carbons (Fsp3) is 0.200. The second-order valence-corrected chi connectivity index (χ2v) is 8.15. The van der Waals surface area contributed by atoms with E-state index < -0.39 is 11.9 Å². The predicted molar refractivity (Wildman–Crippen MR) is 192 cm³/mol. The second kappa shape index (κ2) is 225. The van der Waals surface area contributed by atoms with Crippen LogP contribution in [0.5, 0.6) is 0 Å². The Bertz CT molecular complexity index is 1190. The number of nitrogens with zero attached hydrogens (tertiary/aromatic N) is 6. The maximum Gasteiger partial charge on any atom is 2.00 e. The largest absolute Gasteiger partial charge is 2.00 e. The topological polar surface area (TPSA) is 1040 Å². The summed E-state index contributed by atoms with van der Waals surface area (Å²) in [5.41, 5.74) is 12.7. The summed E-state index contributed by atoms with van der Waals surface area (Å²) < 4.78 is 0. The van der Waals surface area contributed by atoms with E-state index in [1.807, 2.05) is 72.8 Å². The van der Waals surface area contributed by atoms with E-state index in [4.69, 9.17) is 19.8 Å². The second-order valence-electron chi connectivity index (χ2n) is 8.15. The Morgan fingerprint density at radius 2 is 0.451 bits per heavy atom. The van der Waals surface area contributed by atoms with Crippen molar-refractivity contribution in [2.75, 3.05) is 41.3 Å². The molecule has 42 nitrogen and oxygen atoms in total. The van der Waals surface area contributed by atoms with E-state index in [1.54, 1.807) is 53.0 Å². The molecule has 82 heavy (non-hydrogen) atoms. The van der Waals surface area contributed by atoms with Gasteiger partial charge < -0.3 is 196 Å². The van der Waals surface area contributed by atoms with Crippen molar-refractivity contribution >= 4 is 24.8 Å². The smallest absolute Gasteiger partial charge is 2.00 e. The molecule has 0 unspecified atom stereocenters. The number of aliphatic carboxylic acids is 2. The van der Waals surface area contributed by atoms with Crippen LogP contribution in [0.2, 0.25) is 0 Å². The summed E-state index contributed by atoms with van der Waals surface area (Å²) in [6.45, 7) is -0.778. The number of nitrogens with two attached hydrogens (primary N) is 2. The minimum absolute atomic E-state index is 0. The van der Waals surface area contributed by atoms with Gasteiger partial charge in [0.05, 0.1) is 34.7 Å². The summed E-state index contributed by atoms with van der Waals surface area (Å²) >= 11 is 0. The molecule has 4 heterocycles. The summed E-state index contributed by atoms with van der Waals surface area (Å²) in [5, 5.41) is 18.3. The molecule has 12 N–H and O–H groups in total. The molecule has 0 aliphatic heterocycles. The van der Waals surface area contributed by atoms with Gasteiger partial charge in [0.2, 0.25) is 12.8 Å². The molecule has 0 atom stereocenters. The van der Waals surface area contributed by atoms with E-state index in [0.29, 0.717) is 0 Å². The van der Waals surface area contributed by atoms with Crippen molar-refractivity contribution in [2.45, 2.75) is 0 Å². The molecule has 0 saturated carbocycles. The zero-order valence-corrected chi connectivity index (χ0v) is 59.5. The molecule has 2 radical (unpaired) electrons. The van der Waals surface area contributed by atoms with Gasteiger partial charge in [-0.2, -0.15) is 0 Å². The molecular weight excluding hydrogens is 1910 g/mol. The van der Waals surface area contributed by atoms with Gasteiger partial charge in [-0.15, -0.1) is 0 Å². The van der Waals surface area contributed by atoms with Crippen LogP contribution in [-0.2, 0) is 364 Å². The van der Waals surface area contributed by atoms with Gasteiger partial charge in [0, 0.05) is 235 Å². The molecule has 4 aromatic rings. The number of carboxylic acid groups (broad SMARTS) is 2. The molecule has 52 heteroatoms. The molecule has 0 saturated heterocycles. The van der Waals surface area contributed by atoms with Crippen molar-refractivity contribution in [2.24, 2.45) is 11.5 Å². The Balaban J connectivity index is -0.00000000640. The first kappa shape index (κ1) is 306. The van der Waals surface area contributed by atoms with Gasteiger partial charge in [-0.25, -0.2) is 0 Å². The Labute approximate surface area is 608 Å². The Morgan fingerprint density at radius 1 is 0.354 bits per heavy atom. The molecule has 0 aliphatic carbocycles. The SMILES string of the molecule is CN(C)C=O.CN(C)C=O.NCC(=O)[O-].NCC(=O)[O-].[Cu+2].[Cu+2].[Mo].[Mo].[Mo].[Mo].[Mo].[Mo].[Mo].[Mo].[NH4+].[NH4+].[O-2].[O-2].[O-2].[O-2].[O-2].[O-2].[O-2].[O-2].[O-2].[O-2].[O-2].[O-2].[O-2].[O-2].[O-2].[O-2].[O-2].[O-2].[O-2].[O-2].[O-2].[O-2].[O-2].[O-2].[O-2].[O-2].c1ccc(-c2ccccn2)nc1.c1ccc(-c2ccccn2)nc1. The average molecular weight is 1950 g/mol. The quantitative estimate of drug-likeness (QED) is 0.109. The average Bonchev–Trinajstić information content (AvgIpc) is 3.07. The molecular formula is C30H46Cu2Mo8N10O32-48. The first-order valence-corrected chi connectivity index (χ1v) is 12.7. The summed E-state index contributed by atoms with van der Waals surface area (Å²) in [5.74, 6) is -2.44. The Hall–Kier alpha value is -0.175. The van der Waals surface area contributed by atoms with Crippen molar-refractivity contribution in [3.8, 4) is 22.8 Å². The minimum atomic E-state index is -1.22. The van der Waals surface area contributed by atoms with Crippen LogP contribution in [0.1, 0.15) is 0 Å². The van der Waals surface area contributed by atoms with Crippen LogP contribution in [0.3, 0.4) is 0 Å². The molecule has 0 spiro atoms. The van der Waals surface area contributed by atoms with Gasteiger partial charge in [-0.05, 0) is 48.5 Å². The fourth-order valence-corrected chi connectivity index (χ4v) is 2.06. The zero-order chi connectivity index (χ0) is 33.6. The molecule has 526 valence electrons. The van der Waals surface area contributed by atoms with Gasteiger partial charge >= 0.3 is 34.1 Å². The summed E-state index contributed by atoms with van der Waals surface area (Å²) in [7, 11) is 6.75. The van der Waals surface area contributed by atoms with Crippen molar-refractivity contribution in [1.29, 1.82) is 0 Å². The first-order valence-electron chi connectivity index (χ1n) is 12.7. The van der Waals surface area contributed by atoms with Crippen molar-refractivity contribution in [3.05, 3.63) is 97.6 Å². The van der Waals surface area contributed by atoms with Gasteiger partial charge in [-0.3, -0.25) is 29.5 Å². The van der Waals surface area contributed by atoms with Crippen LogP contribution < -0.4 is 34.0 Å². The normalized spacial score (nSPS) is 4.56. The van der Waals surface area contributed by atoms with Crippen LogP contribution in [-0.4, -0.2) is 95.8 Å². The molecule has 4 rings (SSSR count). The summed E-state index contributed by atoms with van der Waals surface area (Å²) in [6.07, 6.45) is 8.57. The number of amides is 2. The molecule has 0 fully saturated rings. The third-order valence-corrected chi connectivity index (χ3v) is 3.94. The van der Waals surface area contributed by atoms with E-state index >= 15 is 0 Å². The standard InChI is InChI=1S/2C10H8N2.2C3H7NO.2C2H5NO2.2Cu.8Mo.2H3N.26O/c2*1-3-7-11-9(5-1)10-6-2-4-8-12-10;2*1-4(2)3-5;2*3-1-2(4)5;;;;;;;;;;;;;;;;;;;;;;;;;;;;;;;;;;;;;;/h2*1-8H;2*3H,1-2H3;2*1,3H2,(H,4,5);;;;;;;;;;;2*1H3;;;;;;;;;;;;;;;;;;;;;;;;;;/q;;;;;;2*+2;;;;;;;;;;;26*-2. The van der Waals surface area contributed by atoms with Crippen LogP contribution in [0, 0.1) is 0 Å². The van der Waals surface area contributed by atoms with E-state index in [0.717, 1.165) is 35.6 Å². The number of hydrogen-bond donors (Lipinski definition) is 4. The third kappa shape index (κ3) is 217. The number of pyridine rings is 4. The maximum atomic E-state index is 9.43. The molecule has 0 aliphatic rings. The van der Waals surface area contributed by atoms with Crippen molar-refractivity contribution in [3.63, 3.8) is 0 Å². The van der Waals surface area contributed by atoms with Crippen LogP contribution in [0.25, 0.3) is 22.8 Å². The number of carbonyl (C=O) groups excluding carboxylic acids is 4. The van der Waals surface area contributed by atoms with E-state index in [1.165, 1.54) is 9.80 Å². The Morgan fingerprint density at radius 3 is 0.500 bits per heavy atom. The third-order valence-electron chi connectivity index (χ3n) is 3.94. The zero-order valence-electron chi connectivity index (χ0n) is 41.6. The number of rotatable bonds is 6. The van der Waals surface area contributed by atoms with Gasteiger partial charge in [0.25, 0.3) is 0 Å². The number of aromatic nitrogens is 4. The first-order chi connectivity index (χ1) is 21.0. The van der Waals surface area contributed by atoms with Gasteiger partial charge in [-0.1, -0.05) is 24.3 Å². The Kier molecular flexibility index (Phi) is 839. The molecule has 0 bridgehead atoms. The van der Waals surface area contributed by atoms with Crippen LogP contribution in [0.15, 0.2) is 97.6 Å². The molecule has 4 aromatic heterocycles. The maximum absolute atomic E-state index is 9.43. The van der Waals surface area contributed by atoms with Gasteiger partial charge in [0.15, 0.2) is 0 Å². The fourth-order valence-electron chi connectivity index (χ4n) is 2.06. The monoisotopic (exact) mass is 1970 g/mol. The van der Waals surface area contributed by atoms with Crippen LogP contribution >= 0.6 is 0 Å². The number of hydrogen-bond acceptors (Lipinski definition) is 12. The van der Waals surface area contributed by atoms with E-state index in [-0.39, 0.29) is 370 Å². The molecule has 0 aromatic carbocycles. The predicted octanol–water partition coefficient (Wildman–Crippen LogP) is -3.28. The summed E-state index contributed by atoms with van der Waals surface area (Å²) in [6, 6.07) is 23.2. The minimum Gasteiger partial charge on any atom is -2.00 e. The molecule has 2 amide bonds.